The maximum atomic E-state index is 12.3. The average molecular weight is 564 g/mol. The maximum Gasteiger partial charge on any atom is 0.220 e. The molecule has 0 spiro atoms. The molecule has 3 N–H and O–H groups in total. The number of aliphatic hydroxyl groups excluding tert-OH is 2. The zero-order valence-corrected chi connectivity index (χ0v) is 26.9. The lowest BCUT2D eigenvalue weighted by Crippen LogP contribution is -2.45. The number of allylic oxidation sites excluding steroid dienone is 3. The van der Waals surface area contributed by atoms with Gasteiger partial charge in [-0.25, -0.2) is 0 Å². The first kappa shape index (κ1) is 38.9. The van der Waals surface area contributed by atoms with Crippen molar-refractivity contribution < 1.29 is 15.0 Å². The Morgan fingerprint density at radius 3 is 1.40 bits per heavy atom. The average Bonchev–Trinajstić information content (AvgIpc) is 2.96. The van der Waals surface area contributed by atoms with Gasteiger partial charge in [-0.2, -0.15) is 0 Å². The molecule has 2 unspecified atom stereocenters. The Balaban J connectivity index is 3.65. The lowest BCUT2D eigenvalue weighted by Gasteiger charge is -2.20. The molecule has 1 amide bonds. The summed E-state index contributed by atoms with van der Waals surface area (Å²) in [5, 5.41) is 22.8. The molecule has 0 radical (unpaired) electrons. The molecular formula is C36H69NO3. The normalized spacial score (nSPS) is 13.4. The summed E-state index contributed by atoms with van der Waals surface area (Å²) < 4.78 is 0. The predicted octanol–water partition coefficient (Wildman–Crippen LogP) is 10.1. The molecule has 0 aromatic heterocycles. The number of nitrogens with one attached hydrogen (secondary N) is 1. The lowest BCUT2D eigenvalue weighted by atomic mass is 10.0. The third kappa shape index (κ3) is 28.4. The zero-order valence-electron chi connectivity index (χ0n) is 26.9. The molecule has 0 bridgehead atoms. The first-order chi connectivity index (χ1) is 19.7. The summed E-state index contributed by atoms with van der Waals surface area (Å²) in [7, 11) is 0. The fourth-order valence-corrected chi connectivity index (χ4v) is 5.17. The van der Waals surface area contributed by atoms with Crippen molar-refractivity contribution >= 4 is 5.91 Å². The van der Waals surface area contributed by atoms with Crippen LogP contribution in [0.25, 0.3) is 0 Å². The third-order valence-corrected chi connectivity index (χ3v) is 7.93. The van der Waals surface area contributed by atoms with Gasteiger partial charge in [-0.3, -0.25) is 4.79 Å². The monoisotopic (exact) mass is 564 g/mol. The predicted molar refractivity (Wildman–Crippen MR) is 175 cm³/mol. The second-order valence-corrected chi connectivity index (χ2v) is 11.9. The summed E-state index contributed by atoms with van der Waals surface area (Å²) in [6, 6.07) is -0.621. The highest BCUT2D eigenvalue weighted by Crippen LogP contribution is 2.13. The quantitative estimate of drug-likeness (QED) is 0.0580. The first-order valence-corrected chi connectivity index (χ1v) is 17.6. The van der Waals surface area contributed by atoms with E-state index >= 15 is 0 Å². The van der Waals surface area contributed by atoms with Gasteiger partial charge in [0.1, 0.15) is 0 Å². The minimum Gasteiger partial charge on any atom is -0.394 e. The van der Waals surface area contributed by atoms with Crippen molar-refractivity contribution in [2.75, 3.05) is 6.61 Å². The van der Waals surface area contributed by atoms with E-state index < -0.39 is 12.1 Å². The molecule has 40 heavy (non-hydrogen) atoms. The molecule has 2 atom stereocenters. The SMILES string of the molecule is CCCCCC/C=C\CCCCCCCC(=O)NC(CO)C(O)/C=C/CCCCCCCCCCCCCCC. The number of carbonyl (C=O) groups is 1. The molecule has 4 nitrogen and oxygen atoms in total. The standard InChI is InChI=1S/C36H69NO3/c1-3-5-7-9-11-13-15-17-18-20-21-23-25-27-29-31-35(39)34(33-38)37-36(40)32-30-28-26-24-22-19-16-14-12-10-8-6-4-2/h14,16,29,31,34-35,38-39H,3-13,15,17-28,30,32-33H2,1-2H3,(H,37,40)/b16-14-,31-29+. The minimum absolute atomic E-state index is 0.0750. The fourth-order valence-electron chi connectivity index (χ4n) is 5.17. The summed E-state index contributed by atoms with van der Waals surface area (Å²) in [6.07, 6.45) is 39.7. The van der Waals surface area contributed by atoms with Crippen molar-refractivity contribution in [1.29, 1.82) is 0 Å². The van der Waals surface area contributed by atoms with Gasteiger partial charge in [-0.1, -0.05) is 154 Å². The maximum absolute atomic E-state index is 12.3. The zero-order chi connectivity index (χ0) is 29.4. The number of rotatable bonds is 31. The second-order valence-electron chi connectivity index (χ2n) is 11.9. The van der Waals surface area contributed by atoms with Crippen molar-refractivity contribution in [3.63, 3.8) is 0 Å². The van der Waals surface area contributed by atoms with E-state index in [1.165, 1.54) is 122 Å². The third-order valence-electron chi connectivity index (χ3n) is 7.93. The number of amides is 1. The second kappa shape index (κ2) is 32.4. The van der Waals surface area contributed by atoms with Crippen LogP contribution in [0.3, 0.4) is 0 Å². The fraction of sp³-hybridized carbons (Fsp3) is 0.861. The molecule has 236 valence electrons. The van der Waals surface area contributed by atoms with Crippen molar-refractivity contribution in [1.82, 2.24) is 5.32 Å². The number of aliphatic hydroxyl groups is 2. The van der Waals surface area contributed by atoms with E-state index in [1.807, 2.05) is 6.08 Å². The Kier molecular flexibility index (Phi) is 31.5. The highest BCUT2D eigenvalue weighted by molar-refractivity contribution is 5.76. The smallest absolute Gasteiger partial charge is 0.220 e. The van der Waals surface area contributed by atoms with Gasteiger partial charge in [0.25, 0.3) is 0 Å². The van der Waals surface area contributed by atoms with Crippen LogP contribution in [0.15, 0.2) is 24.3 Å². The molecule has 0 rings (SSSR count). The molecule has 0 saturated heterocycles. The topological polar surface area (TPSA) is 69.6 Å². The van der Waals surface area contributed by atoms with Crippen molar-refractivity contribution in [3.8, 4) is 0 Å². The van der Waals surface area contributed by atoms with Crippen molar-refractivity contribution in [2.45, 2.75) is 193 Å². The van der Waals surface area contributed by atoms with E-state index in [0.717, 1.165) is 38.5 Å². The molecular weight excluding hydrogens is 494 g/mol. The van der Waals surface area contributed by atoms with Gasteiger partial charge >= 0.3 is 0 Å². The largest absolute Gasteiger partial charge is 0.394 e. The van der Waals surface area contributed by atoms with E-state index in [2.05, 4.69) is 31.3 Å². The van der Waals surface area contributed by atoms with Crippen LogP contribution in [0.5, 0.6) is 0 Å². The number of hydrogen-bond acceptors (Lipinski definition) is 3. The van der Waals surface area contributed by atoms with E-state index in [-0.39, 0.29) is 12.5 Å². The van der Waals surface area contributed by atoms with Crippen LogP contribution in [0.4, 0.5) is 0 Å². The summed E-state index contributed by atoms with van der Waals surface area (Å²) >= 11 is 0. The number of carbonyl (C=O) groups excluding carboxylic acids is 1. The van der Waals surface area contributed by atoms with E-state index in [9.17, 15) is 15.0 Å². The Morgan fingerprint density at radius 1 is 0.575 bits per heavy atom. The van der Waals surface area contributed by atoms with Crippen LogP contribution in [-0.4, -0.2) is 34.9 Å². The molecule has 0 aliphatic carbocycles. The van der Waals surface area contributed by atoms with Crippen molar-refractivity contribution in [3.05, 3.63) is 24.3 Å². The molecule has 0 aliphatic heterocycles. The molecule has 0 aliphatic rings. The van der Waals surface area contributed by atoms with Gasteiger partial charge in [0.05, 0.1) is 18.8 Å². The van der Waals surface area contributed by atoms with Crippen LogP contribution >= 0.6 is 0 Å². The highest BCUT2D eigenvalue weighted by atomic mass is 16.3. The Hall–Kier alpha value is -1.13. The minimum atomic E-state index is -0.837. The number of hydrogen-bond donors (Lipinski definition) is 3. The molecule has 0 aromatic carbocycles. The highest BCUT2D eigenvalue weighted by Gasteiger charge is 2.17. The molecule has 0 aromatic rings. The summed E-state index contributed by atoms with van der Waals surface area (Å²) in [5.74, 6) is -0.0750. The lowest BCUT2D eigenvalue weighted by molar-refractivity contribution is -0.123. The number of unbranched alkanes of at least 4 members (excludes halogenated alkanes) is 22. The molecule has 0 heterocycles. The molecule has 0 saturated carbocycles. The van der Waals surface area contributed by atoms with Crippen molar-refractivity contribution in [2.24, 2.45) is 0 Å². The van der Waals surface area contributed by atoms with Gasteiger partial charge in [-0.05, 0) is 44.9 Å². The van der Waals surface area contributed by atoms with Crippen LogP contribution in [0.1, 0.15) is 181 Å². The Bertz CT molecular complexity index is 574. The van der Waals surface area contributed by atoms with Crippen LogP contribution in [0, 0.1) is 0 Å². The van der Waals surface area contributed by atoms with Gasteiger partial charge in [0, 0.05) is 6.42 Å². The Labute approximate surface area is 249 Å². The van der Waals surface area contributed by atoms with Crippen LogP contribution in [0.2, 0.25) is 0 Å². The van der Waals surface area contributed by atoms with Crippen LogP contribution in [-0.2, 0) is 4.79 Å². The van der Waals surface area contributed by atoms with Crippen LogP contribution < -0.4 is 5.32 Å². The van der Waals surface area contributed by atoms with E-state index in [0.29, 0.717) is 6.42 Å². The van der Waals surface area contributed by atoms with Gasteiger partial charge in [-0.15, -0.1) is 0 Å². The molecule has 4 heteroatoms. The Morgan fingerprint density at radius 2 is 0.950 bits per heavy atom. The van der Waals surface area contributed by atoms with Gasteiger partial charge in [0.2, 0.25) is 5.91 Å². The summed E-state index contributed by atoms with van der Waals surface area (Å²) in [4.78, 5) is 12.3. The van der Waals surface area contributed by atoms with Gasteiger partial charge < -0.3 is 15.5 Å². The molecule has 0 fully saturated rings. The van der Waals surface area contributed by atoms with E-state index in [4.69, 9.17) is 0 Å². The van der Waals surface area contributed by atoms with E-state index in [1.54, 1.807) is 6.08 Å². The summed E-state index contributed by atoms with van der Waals surface area (Å²) in [6.45, 7) is 4.27. The first-order valence-electron chi connectivity index (χ1n) is 17.6. The van der Waals surface area contributed by atoms with Gasteiger partial charge in [0.15, 0.2) is 0 Å². The summed E-state index contributed by atoms with van der Waals surface area (Å²) in [5.41, 5.74) is 0.